The quantitative estimate of drug-likeness (QED) is 0.167. The van der Waals surface area contributed by atoms with Crippen molar-refractivity contribution in [3.63, 3.8) is 0 Å². The SMILES string of the molecule is COc1ccc(C2=CC(c3nc(=O)c4ccccc4s3)=P(c3ccccc3)(c3ccccc3)C(c3nc(=O)c4ccccc4s3)=C2)cc1. The highest BCUT2D eigenvalue weighted by Crippen LogP contribution is 2.63. The lowest BCUT2D eigenvalue weighted by molar-refractivity contribution is 0.415. The molecule has 3 heterocycles. The van der Waals surface area contributed by atoms with Crippen LogP contribution < -0.4 is 26.5 Å². The minimum atomic E-state index is -2.83. The molecule has 8 heteroatoms. The van der Waals surface area contributed by atoms with Gasteiger partial charge in [0, 0.05) is 20.0 Å². The smallest absolute Gasteiger partial charge is 0.279 e. The molecule has 2 aromatic heterocycles. The molecule has 0 bridgehead atoms. The van der Waals surface area contributed by atoms with Crippen molar-refractivity contribution in [1.29, 1.82) is 0 Å². The van der Waals surface area contributed by atoms with E-state index in [1.165, 1.54) is 22.7 Å². The molecule has 1 aliphatic heterocycles. The van der Waals surface area contributed by atoms with E-state index in [1.807, 2.05) is 109 Å². The molecular weight excluding hydrogens is 652 g/mol. The third-order valence-corrected chi connectivity index (χ3v) is 15.2. The number of hydrogen-bond donors (Lipinski definition) is 0. The molecule has 0 fully saturated rings. The van der Waals surface area contributed by atoms with Crippen molar-refractivity contribution in [2.75, 3.05) is 7.11 Å². The van der Waals surface area contributed by atoms with E-state index in [0.29, 0.717) is 20.8 Å². The molecule has 8 rings (SSSR count). The summed E-state index contributed by atoms with van der Waals surface area (Å²) in [6.07, 6.45) is 4.38. The molecule has 5 nitrogen and oxygen atoms in total. The fraction of sp³-hybridized carbons (Fsp3) is 0.0250. The molecular formula is C40H27N2O3PS2. The van der Waals surface area contributed by atoms with E-state index >= 15 is 0 Å². The van der Waals surface area contributed by atoms with Gasteiger partial charge in [0.1, 0.15) is 15.8 Å². The summed E-state index contributed by atoms with van der Waals surface area (Å²) in [6, 6.07) is 44.0. The maximum absolute atomic E-state index is 13.7. The van der Waals surface area contributed by atoms with Gasteiger partial charge < -0.3 is 4.74 Å². The van der Waals surface area contributed by atoms with Gasteiger partial charge >= 0.3 is 0 Å². The minimum Gasteiger partial charge on any atom is -0.497 e. The van der Waals surface area contributed by atoms with Gasteiger partial charge in [0.25, 0.3) is 11.1 Å². The van der Waals surface area contributed by atoms with E-state index in [9.17, 15) is 9.59 Å². The summed E-state index contributed by atoms with van der Waals surface area (Å²) in [5, 5.41) is 6.50. The Bertz CT molecular complexity index is 2550. The third-order valence-electron chi connectivity index (χ3n) is 8.51. The van der Waals surface area contributed by atoms with E-state index in [0.717, 1.165) is 47.5 Å². The molecule has 232 valence electrons. The van der Waals surface area contributed by atoms with Crippen LogP contribution in [0.25, 0.3) is 31.1 Å². The van der Waals surface area contributed by atoms with Crippen molar-refractivity contribution in [3.05, 3.63) is 182 Å². The standard InChI is InChI=1S/C40H27N2O3PS2/c1-45-28-22-20-26(21-23-28)27-24-33(39-41-37(43)31-16-8-10-18-35(31)47-39)46(29-12-4-2-5-13-29,30-14-6-3-7-15-30)34(25-27)40-42-38(44)32-17-9-11-19-36(32)48-40/h2-25H,1H3. The minimum absolute atomic E-state index is 0.268. The van der Waals surface area contributed by atoms with Gasteiger partial charge in [-0.05, 0) is 77.2 Å². The molecule has 0 saturated carbocycles. The lowest BCUT2D eigenvalue weighted by Crippen LogP contribution is -2.27. The van der Waals surface area contributed by atoms with E-state index in [4.69, 9.17) is 14.7 Å². The van der Waals surface area contributed by atoms with Crippen molar-refractivity contribution in [1.82, 2.24) is 9.97 Å². The van der Waals surface area contributed by atoms with Crippen LogP contribution in [0.1, 0.15) is 15.6 Å². The Morgan fingerprint density at radius 2 is 1.06 bits per heavy atom. The highest BCUT2D eigenvalue weighted by atomic mass is 32.1. The topological polar surface area (TPSA) is 69.2 Å². The van der Waals surface area contributed by atoms with Gasteiger partial charge in [-0.2, -0.15) is 9.97 Å². The van der Waals surface area contributed by atoms with Gasteiger partial charge in [-0.3, -0.25) is 9.59 Å². The Morgan fingerprint density at radius 1 is 0.562 bits per heavy atom. The van der Waals surface area contributed by atoms with Gasteiger partial charge in [-0.1, -0.05) is 97.1 Å². The lowest BCUT2D eigenvalue weighted by Gasteiger charge is -2.35. The third kappa shape index (κ3) is 5.08. The Kier molecular flexibility index (Phi) is 7.81. The molecule has 0 amide bonds. The second-order valence-corrected chi connectivity index (χ2v) is 16.6. The predicted octanol–water partition coefficient (Wildman–Crippen LogP) is 7.96. The second-order valence-electron chi connectivity index (χ2n) is 11.2. The van der Waals surface area contributed by atoms with Crippen LogP contribution in [0.2, 0.25) is 0 Å². The maximum Gasteiger partial charge on any atom is 0.279 e. The fourth-order valence-corrected chi connectivity index (χ4v) is 13.4. The van der Waals surface area contributed by atoms with Gasteiger partial charge in [0.15, 0.2) is 0 Å². The number of benzene rings is 5. The predicted molar refractivity (Wildman–Crippen MR) is 204 cm³/mol. The first kappa shape index (κ1) is 30.2. The summed E-state index contributed by atoms with van der Waals surface area (Å²) in [5.41, 5.74) is 1.35. The summed E-state index contributed by atoms with van der Waals surface area (Å²) < 4.78 is 7.20. The van der Waals surface area contributed by atoms with E-state index in [-0.39, 0.29) is 11.1 Å². The summed E-state index contributed by atoms with van der Waals surface area (Å²) in [6.45, 7) is -2.83. The Morgan fingerprint density at radius 3 is 1.62 bits per heavy atom. The van der Waals surface area contributed by atoms with Crippen LogP contribution in [0.5, 0.6) is 5.75 Å². The maximum atomic E-state index is 13.7. The van der Waals surface area contributed by atoms with Crippen molar-refractivity contribution < 1.29 is 4.74 Å². The van der Waals surface area contributed by atoms with E-state index in [1.54, 1.807) is 7.11 Å². The Balaban J connectivity index is 1.59. The van der Waals surface area contributed by atoms with Crippen LogP contribution in [-0.2, 0) is 0 Å². The molecule has 0 N–H and O–H groups in total. The highest BCUT2D eigenvalue weighted by molar-refractivity contribution is 7.98. The van der Waals surface area contributed by atoms with Crippen LogP contribution >= 0.6 is 29.6 Å². The number of aromatic nitrogens is 2. The van der Waals surface area contributed by atoms with Crippen molar-refractivity contribution in [3.8, 4) is 5.75 Å². The van der Waals surface area contributed by atoms with E-state index < -0.39 is 6.89 Å². The fourth-order valence-electron chi connectivity index (χ4n) is 6.27. The number of ether oxygens (including phenoxy) is 1. The lowest BCUT2D eigenvalue weighted by atomic mass is 10.0. The summed E-state index contributed by atoms with van der Waals surface area (Å²) >= 11 is 3.03. The summed E-state index contributed by atoms with van der Waals surface area (Å²) in [4.78, 5) is 37.0. The number of nitrogens with zero attached hydrogens (tertiary/aromatic N) is 2. The number of rotatable bonds is 6. The number of hydrogen-bond acceptors (Lipinski definition) is 7. The number of allylic oxidation sites excluding steroid dienone is 3. The molecule has 0 aliphatic carbocycles. The van der Waals surface area contributed by atoms with Gasteiger partial charge in [0.05, 0.1) is 17.9 Å². The van der Waals surface area contributed by atoms with Crippen LogP contribution in [0.4, 0.5) is 0 Å². The van der Waals surface area contributed by atoms with Crippen molar-refractivity contribution in [2.24, 2.45) is 0 Å². The first-order valence-corrected chi connectivity index (χ1v) is 18.7. The average molecular weight is 679 g/mol. The van der Waals surface area contributed by atoms with Gasteiger partial charge in [-0.15, -0.1) is 22.7 Å². The van der Waals surface area contributed by atoms with Crippen LogP contribution in [0, 0.1) is 0 Å². The number of methoxy groups -OCH3 is 1. The molecule has 5 aromatic carbocycles. The molecule has 0 spiro atoms. The zero-order chi connectivity index (χ0) is 32.7. The molecule has 48 heavy (non-hydrogen) atoms. The van der Waals surface area contributed by atoms with Gasteiger partial charge in [0.2, 0.25) is 0 Å². The summed E-state index contributed by atoms with van der Waals surface area (Å²) in [7, 11) is 1.65. The monoisotopic (exact) mass is 678 g/mol. The van der Waals surface area contributed by atoms with E-state index in [2.05, 4.69) is 36.4 Å². The first-order chi connectivity index (χ1) is 23.6. The zero-order valence-corrected chi connectivity index (χ0v) is 28.3. The molecule has 0 saturated heterocycles. The second kappa shape index (κ2) is 12.4. The van der Waals surface area contributed by atoms with Crippen LogP contribution in [0.15, 0.2) is 155 Å². The Hall–Kier alpha value is -5.20. The number of fused-ring (bicyclic) bond motifs is 2. The van der Waals surface area contributed by atoms with Crippen molar-refractivity contribution >= 4 is 76.5 Å². The molecule has 0 radical (unpaired) electrons. The van der Waals surface area contributed by atoms with Crippen molar-refractivity contribution in [2.45, 2.75) is 0 Å². The average Bonchev–Trinajstić information content (AvgIpc) is 3.15. The van der Waals surface area contributed by atoms with Gasteiger partial charge in [-0.25, -0.2) is 0 Å². The summed E-state index contributed by atoms with van der Waals surface area (Å²) in [5.74, 6) is 0.753. The first-order valence-electron chi connectivity index (χ1n) is 15.3. The highest BCUT2D eigenvalue weighted by Gasteiger charge is 2.37. The molecule has 0 atom stereocenters. The molecule has 7 aromatic rings. The Labute approximate surface area is 284 Å². The normalized spacial score (nSPS) is 14.1. The molecule has 0 unspecified atom stereocenters. The van der Waals surface area contributed by atoms with Crippen LogP contribution in [-0.4, -0.2) is 22.4 Å². The largest absolute Gasteiger partial charge is 0.497 e. The zero-order valence-electron chi connectivity index (χ0n) is 25.7. The molecule has 1 aliphatic rings. The van der Waals surface area contributed by atoms with Crippen LogP contribution in [0.3, 0.4) is 0 Å².